The van der Waals surface area contributed by atoms with Crippen LogP contribution in [0, 0.1) is 0 Å². The van der Waals surface area contributed by atoms with Crippen molar-refractivity contribution in [2.24, 2.45) is 0 Å². The first kappa shape index (κ1) is 11.2. The molecule has 1 aromatic rings. The summed E-state index contributed by atoms with van der Waals surface area (Å²) in [6, 6.07) is 0. The molecule has 0 aliphatic heterocycles. The van der Waals surface area contributed by atoms with E-state index in [2.05, 4.69) is 10.2 Å². The minimum absolute atomic E-state index is 0.0139. The molecule has 15 heavy (non-hydrogen) atoms. The Balaban J connectivity index is 2.68. The molecule has 0 unspecified atom stereocenters. The summed E-state index contributed by atoms with van der Waals surface area (Å²) >= 11 is 0. The number of nitrogens with zero attached hydrogens (tertiary/aromatic N) is 1. The number of carbonyl (C=O) groups excluding carboxylic acids is 2. The second-order valence-electron chi connectivity index (χ2n) is 2.77. The fourth-order valence-corrected chi connectivity index (χ4v) is 0.980. The molecular weight excluding hydrogens is 200 g/mol. The number of hydrogen-bond acceptors (Lipinski definition) is 5. The Kier molecular flexibility index (Phi) is 3.84. The maximum Gasteiger partial charge on any atom is 0.356 e. The van der Waals surface area contributed by atoms with Gasteiger partial charge in [-0.2, -0.15) is 5.10 Å². The van der Waals surface area contributed by atoms with E-state index in [9.17, 15) is 9.59 Å². The van der Waals surface area contributed by atoms with E-state index >= 15 is 0 Å². The van der Waals surface area contributed by atoms with Gasteiger partial charge in [-0.1, -0.05) is 0 Å². The molecule has 0 bridgehead atoms. The molecule has 0 saturated heterocycles. The Labute approximate surface area is 86.6 Å². The Bertz CT molecular complexity index is 359. The summed E-state index contributed by atoms with van der Waals surface area (Å²) in [6.07, 6.45) is 1.43. The van der Waals surface area contributed by atoms with E-state index in [0.29, 0.717) is 5.56 Å². The molecule has 0 aliphatic carbocycles. The van der Waals surface area contributed by atoms with Gasteiger partial charge in [-0.3, -0.25) is 9.89 Å². The maximum absolute atomic E-state index is 11.3. The zero-order valence-corrected chi connectivity index (χ0v) is 8.57. The molecule has 0 aliphatic rings. The first-order valence-corrected chi connectivity index (χ1v) is 4.47. The van der Waals surface area contributed by atoms with Crippen LogP contribution in [0.25, 0.3) is 0 Å². The molecule has 0 radical (unpaired) electrons. The van der Waals surface area contributed by atoms with Gasteiger partial charge >= 0.3 is 11.9 Å². The summed E-state index contributed by atoms with van der Waals surface area (Å²) < 4.78 is 9.53. The average Bonchev–Trinajstić information content (AvgIpc) is 2.62. The predicted octanol–water partition coefficient (Wildman–Crippen LogP) is 0.649. The van der Waals surface area contributed by atoms with Crippen molar-refractivity contribution in [3.05, 3.63) is 17.5 Å². The minimum atomic E-state index is -0.503. The lowest BCUT2D eigenvalue weighted by Crippen LogP contribution is -2.09. The fraction of sp³-hybridized carbons (Fsp3) is 0.444. The van der Waals surface area contributed by atoms with Gasteiger partial charge in [0.05, 0.1) is 12.8 Å². The third-order valence-corrected chi connectivity index (χ3v) is 1.63. The van der Waals surface area contributed by atoms with Crippen molar-refractivity contribution in [2.45, 2.75) is 20.5 Å². The van der Waals surface area contributed by atoms with E-state index < -0.39 is 11.9 Å². The van der Waals surface area contributed by atoms with Gasteiger partial charge in [0.15, 0.2) is 0 Å². The van der Waals surface area contributed by atoms with Gasteiger partial charge in [-0.25, -0.2) is 4.79 Å². The summed E-state index contributed by atoms with van der Waals surface area (Å²) in [4.78, 5) is 21.9. The van der Waals surface area contributed by atoms with Crippen LogP contribution in [0.2, 0.25) is 0 Å². The maximum atomic E-state index is 11.3. The van der Waals surface area contributed by atoms with Crippen LogP contribution >= 0.6 is 0 Å². The molecule has 0 fully saturated rings. The highest BCUT2D eigenvalue weighted by Gasteiger charge is 2.15. The summed E-state index contributed by atoms with van der Waals surface area (Å²) in [7, 11) is 0. The van der Waals surface area contributed by atoms with Crippen molar-refractivity contribution < 1.29 is 19.1 Å². The molecule has 1 rings (SSSR count). The third-order valence-electron chi connectivity index (χ3n) is 1.63. The van der Waals surface area contributed by atoms with Crippen LogP contribution < -0.4 is 0 Å². The molecule has 0 saturated carbocycles. The largest absolute Gasteiger partial charge is 0.461 e. The zero-order valence-electron chi connectivity index (χ0n) is 8.57. The summed E-state index contributed by atoms with van der Waals surface area (Å²) in [5, 5.41) is 6.18. The molecule has 0 spiro atoms. The van der Waals surface area contributed by atoms with Crippen molar-refractivity contribution in [1.82, 2.24) is 10.2 Å². The fourth-order valence-electron chi connectivity index (χ4n) is 0.980. The van der Waals surface area contributed by atoms with Crippen LogP contribution in [0.3, 0.4) is 0 Å². The second kappa shape index (κ2) is 5.14. The van der Waals surface area contributed by atoms with Gasteiger partial charge < -0.3 is 9.47 Å². The quantitative estimate of drug-likeness (QED) is 0.741. The third kappa shape index (κ3) is 3.08. The van der Waals surface area contributed by atoms with Crippen LogP contribution in [-0.4, -0.2) is 28.7 Å². The number of carbonyl (C=O) groups is 2. The smallest absolute Gasteiger partial charge is 0.356 e. The lowest BCUT2D eigenvalue weighted by atomic mass is 10.2. The van der Waals surface area contributed by atoms with Gasteiger partial charge in [0, 0.05) is 12.5 Å². The average molecular weight is 212 g/mol. The predicted molar refractivity (Wildman–Crippen MR) is 50.0 cm³/mol. The number of aromatic amines is 1. The van der Waals surface area contributed by atoms with Crippen LogP contribution in [0.4, 0.5) is 0 Å². The van der Waals surface area contributed by atoms with Crippen molar-refractivity contribution in [3.63, 3.8) is 0 Å². The first-order valence-electron chi connectivity index (χ1n) is 4.47. The second-order valence-corrected chi connectivity index (χ2v) is 2.77. The molecule has 1 N–H and O–H groups in total. The Morgan fingerprint density at radius 2 is 2.20 bits per heavy atom. The van der Waals surface area contributed by atoms with Crippen molar-refractivity contribution >= 4 is 11.9 Å². The van der Waals surface area contributed by atoms with Gasteiger partial charge in [0.2, 0.25) is 0 Å². The van der Waals surface area contributed by atoms with E-state index in [-0.39, 0.29) is 18.9 Å². The molecule has 82 valence electrons. The van der Waals surface area contributed by atoms with Crippen molar-refractivity contribution in [2.75, 3.05) is 6.61 Å². The first-order chi connectivity index (χ1) is 7.15. The van der Waals surface area contributed by atoms with E-state index in [1.54, 1.807) is 6.92 Å². The molecule has 0 atom stereocenters. The number of hydrogen-bond donors (Lipinski definition) is 1. The van der Waals surface area contributed by atoms with Crippen molar-refractivity contribution in [1.29, 1.82) is 0 Å². The monoisotopic (exact) mass is 212 g/mol. The number of esters is 2. The van der Waals surface area contributed by atoms with E-state index in [1.807, 2.05) is 0 Å². The van der Waals surface area contributed by atoms with Gasteiger partial charge in [-0.15, -0.1) is 0 Å². The zero-order chi connectivity index (χ0) is 11.3. The molecular formula is C9H12N2O4. The normalized spacial score (nSPS) is 9.73. The lowest BCUT2D eigenvalue weighted by molar-refractivity contribution is -0.142. The summed E-state index contributed by atoms with van der Waals surface area (Å²) in [5.74, 6) is -0.914. The van der Waals surface area contributed by atoms with Gasteiger partial charge in [0.25, 0.3) is 0 Å². The van der Waals surface area contributed by atoms with Gasteiger partial charge in [-0.05, 0) is 6.92 Å². The summed E-state index contributed by atoms with van der Waals surface area (Å²) in [6.45, 7) is 3.30. The van der Waals surface area contributed by atoms with Crippen molar-refractivity contribution in [3.8, 4) is 0 Å². The molecule has 0 aromatic carbocycles. The van der Waals surface area contributed by atoms with E-state index in [0.717, 1.165) is 0 Å². The standard InChI is InChI=1S/C9H12N2O4/c1-3-14-9(13)8-7(4-10-11-8)5-15-6(2)12/h4H,3,5H2,1-2H3,(H,10,11). The van der Waals surface area contributed by atoms with Crippen LogP contribution in [0.15, 0.2) is 6.20 Å². The molecule has 1 heterocycles. The number of rotatable bonds is 4. The Morgan fingerprint density at radius 1 is 1.47 bits per heavy atom. The highest BCUT2D eigenvalue weighted by atomic mass is 16.5. The molecule has 6 nitrogen and oxygen atoms in total. The summed E-state index contributed by atoms with van der Waals surface area (Å²) in [5.41, 5.74) is 0.724. The minimum Gasteiger partial charge on any atom is -0.461 e. The van der Waals surface area contributed by atoms with Gasteiger partial charge in [0.1, 0.15) is 12.3 Å². The lowest BCUT2D eigenvalue weighted by Gasteiger charge is -2.02. The highest BCUT2D eigenvalue weighted by Crippen LogP contribution is 2.07. The SMILES string of the molecule is CCOC(=O)c1[nH]ncc1COC(C)=O. The number of H-pyrrole nitrogens is 1. The van der Waals surface area contributed by atoms with Crippen LogP contribution in [0.5, 0.6) is 0 Å². The van der Waals surface area contributed by atoms with E-state index in [1.165, 1.54) is 13.1 Å². The Morgan fingerprint density at radius 3 is 2.80 bits per heavy atom. The molecule has 0 amide bonds. The highest BCUT2D eigenvalue weighted by molar-refractivity contribution is 5.88. The molecule has 6 heteroatoms. The number of nitrogens with one attached hydrogen (secondary N) is 1. The van der Waals surface area contributed by atoms with Crippen LogP contribution in [0.1, 0.15) is 29.9 Å². The number of aromatic nitrogens is 2. The number of ether oxygens (including phenoxy) is 2. The topological polar surface area (TPSA) is 81.3 Å². The van der Waals surface area contributed by atoms with Crippen LogP contribution in [-0.2, 0) is 20.9 Å². The van der Waals surface area contributed by atoms with E-state index in [4.69, 9.17) is 9.47 Å². The Hall–Kier alpha value is -1.85. The molecule has 1 aromatic heterocycles.